The Morgan fingerprint density at radius 3 is 2.34 bits per heavy atom. The summed E-state index contributed by atoms with van der Waals surface area (Å²) in [4.78, 5) is 23.2. The number of nitrogens with zero attached hydrogens (tertiary/aromatic N) is 3. The van der Waals surface area contributed by atoms with E-state index in [1.54, 1.807) is 24.7 Å². The molecule has 0 spiro atoms. The summed E-state index contributed by atoms with van der Waals surface area (Å²) in [5.41, 5.74) is 3.92. The van der Waals surface area contributed by atoms with Gasteiger partial charge in [0.05, 0.1) is 0 Å². The summed E-state index contributed by atoms with van der Waals surface area (Å²) in [5, 5.41) is 2.97. The number of benzene rings is 1. The number of aromatic nitrogens is 2. The molecule has 5 nitrogen and oxygen atoms in total. The first kappa shape index (κ1) is 20.5. The number of carbonyl (C=O) groups excluding carboxylic acids is 1. The van der Waals surface area contributed by atoms with Gasteiger partial charge in [-0.2, -0.15) is 0 Å². The number of pyridine rings is 2. The van der Waals surface area contributed by atoms with Crippen LogP contribution in [0.25, 0.3) is 0 Å². The molecule has 0 unspecified atom stereocenters. The van der Waals surface area contributed by atoms with Crippen LogP contribution in [-0.2, 0) is 11.8 Å². The molecule has 2 heterocycles. The first-order valence-electron chi connectivity index (χ1n) is 9.81. The van der Waals surface area contributed by atoms with Crippen LogP contribution >= 0.6 is 0 Å². The molecular weight excluding hydrogens is 360 g/mol. The van der Waals surface area contributed by atoms with Crippen molar-refractivity contribution in [2.75, 3.05) is 23.8 Å². The van der Waals surface area contributed by atoms with Gasteiger partial charge in [0.2, 0.25) is 0 Å². The Hall–Kier alpha value is -3.21. The van der Waals surface area contributed by atoms with Crippen LogP contribution in [0, 0.1) is 0 Å². The summed E-state index contributed by atoms with van der Waals surface area (Å²) in [6.45, 7) is 7.31. The Bertz CT molecular complexity index is 947. The predicted molar refractivity (Wildman–Crippen MR) is 119 cm³/mol. The van der Waals surface area contributed by atoms with Crippen molar-refractivity contribution >= 4 is 17.4 Å². The van der Waals surface area contributed by atoms with Crippen LogP contribution in [0.15, 0.2) is 67.1 Å². The molecule has 0 saturated carbocycles. The zero-order chi connectivity index (χ0) is 20.9. The zero-order valence-electron chi connectivity index (χ0n) is 17.5. The first-order chi connectivity index (χ1) is 13.8. The lowest BCUT2D eigenvalue weighted by atomic mass is 9.87. The molecule has 5 heteroatoms. The maximum Gasteiger partial charge on any atom is 0.255 e. The van der Waals surface area contributed by atoms with E-state index in [1.165, 1.54) is 11.1 Å². The average Bonchev–Trinajstić information content (AvgIpc) is 2.72. The molecule has 0 aliphatic heterocycles. The van der Waals surface area contributed by atoms with E-state index in [9.17, 15) is 4.79 Å². The summed E-state index contributed by atoms with van der Waals surface area (Å²) >= 11 is 0. The second-order valence-electron chi connectivity index (χ2n) is 8.21. The molecule has 1 N–H and O–H groups in total. The van der Waals surface area contributed by atoms with Gasteiger partial charge >= 0.3 is 0 Å². The van der Waals surface area contributed by atoms with Crippen LogP contribution in [0.2, 0.25) is 0 Å². The lowest BCUT2D eigenvalue weighted by molar-refractivity contribution is 0.102. The molecule has 0 aliphatic carbocycles. The summed E-state index contributed by atoms with van der Waals surface area (Å²) in [6, 6.07) is 15.6. The normalized spacial score (nSPS) is 11.2. The third-order valence-electron chi connectivity index (χ3n) is 4.89. The minimum absolute atomic E-state index is 0.0867. The number of nitrogens with one attached hydrogen (secondary N) is 1. The number of rotatable bonds is 6. The molecule has 0 bridgehead atoms. The van der Waals surface area contributed by atoms with Gasteiger partial charge in [-0.15, -0.1) is 0 Å². The van der Waals surface area contributed by atoms with Crippen LogP contribution in [0.1, 0.15) is 42.3 Å². The molecule has 1 amide bonds. The standard InChI is InChI=1S/C24H28N4O/c1-24(2,3)20-5-7-21(8-6-20)27-23(29)19-11-15-26-22(17-19)28(4)16-12-18-9-13-25-14-10-18/h5-11,13-15,17H,12,16H2,1-4H3,(H,27,29). The van der Waals surface area contributed by atoms with Crippen LogP contribution < -0.4 is 10.2 Å². The van der Waals surface area contributed by atoms with Crippen LogP contribution in [-0.4, -0.2) is 29.5 Å². The Kier molecular flexibility index (Phi) is 6.27. The van der Waals surface area contributed by atoms with Gasteiger partial charge in [0, 0.05) is 43.4 Å². The third kappa shape index (κ3) is 5.64. The molecule has 0 atom stereocenters. The molecule has 1 aromatic carbocycles. The van der Waals surface area contributed by atoms with Crippen molar-refractivity contribution in [3.8, 4) is 0 Å². The summed E-state index contributed by atoms with van der Waals surface area (Å²) in [5.74, 6) is 0.634. The van der Waals surface area contributed by atoms with Gasteiger partial charge in [0.1, 0.15) is 5.82 Å². The zero-order valence-corrected chi connectivity index (χ0v) is 17.5. The highest BCUT2D eigenvalue weighted by atomic mass is 16.1. The molecule has 3 aromatic rings. The van der Waals surface area contributed by atoms with Gasteiger partial charge in [0.25, 0.3) is 5.91 Å². The van der Waals surface area contributed by atoms with Gasteiger partial charge in [0.15, 0.2) is 0 Å². The van der Waals surface area contributed by atoms with E-state index in [0.29, 0.717) is 5.56 Å². The number of hydrogen-bond acceptors (Lipinski definition) is 4. The van der Waals surface area contributed by atoms with Crippen molar-refractivity contribution in [3.63, 3.8) is 0 Å². The largest absolute Gasteiger partial charge is 0.359 e. The van der Waals surface area contributed by atoms with Gasteiger partial charge in [-0.3, -0.25) is 9.78 Å². The highest BCUT2D eigenvalue weighted by Gasteiger charge is 2.14. The molecule has 0 fully saturated rings. The fourth-order valence-corrected chi connectivity index (χ4v) is 2.99. The topological polar surface area (TPSA) is 58.1 Å². The fraction of sp³-hybridized carbons (Fsp3) is 0.292. The van der Waals surface area contributed by atoms with E-state index in [-0.39, 0.29) is 11.3 Å². The van der Waals surface area contributed by atoms with E-state index in [4.69, 9.17) is 0 Å². The highest BCUT2D eigenvalue weighted by Crippen LogP contribution is 2.23. The molecule has 0 radical (unpaired) electrons. The average molecular weight is 389 g/mol. The van der Waals surface area contributed by atoms with E-state index >= 15 is 0 Å². The van der Waals surface area contributed by atoms with Crippen molar-refractivity contribution in [2.24, 2.45) is 0 Å². The third-order valence-corrected chi connectivity index (χ3v) is 4.89. The Morgan fingerprint density at radius 1 is 1.00 bits per heavy atom. The second-order valence-corrected chi connectivity index (χ2v) is 8.21. The summed E-state index contributed by atoms with van der Waals surface area (Å²) in [7, 11) is 1.98. The quantitative estimate of drug-likeness (QED) is 0.665. The number of hydrogen-bond donors (Lipinski definition) is 1. The lowest BCUT2D eigenvalue weighted by Crippen LogP contribution is -2.22. The lowest BCUT2D eigenvalue weighted by Gasteiger charge is -2.19. The minimum Gasteiger partial charge on any atom is -0.359 e. The molecule has 29 heavy (non-hydrogen) atoms. The van der Waals surface area contributed by atoms with Crippen molar-refractivity contribution in [2.45, 2.75) is 32.6 Å². The monoisotopic (exact) mass is 388 g/mol. The number of likely N-dealkylation sites (N-methyl/N-ethyl adjacent to an activating group) is 1. The molecule has 2 aromatic heterocycles. The summed E-state index contributed by atoms with van der Waals surface area (Å²) in [6.07, 6.45) is 6.16. The SMILES string of the molecule is CN(CCc1ccncc1)c1cc(C(=O)Nc2ccc(C(C)(C)C)cc2)ccn1. The minimum atomic E-state index is -0.139. The maximum atomic E-state index is 12.7. The summed E-state index contributed by atoms with van der Waals surface area (Å²) < 4.78 is 0. The van der Waals surface area contributed by atoms with Crippen LogP contribution in [0.5, 0.6) is 0 Å². The van der Waals surface area contributed by atoms with Crippen molar-refractivity contribution < 1.29 is 4.79 Å². The number of amides is 1. The molecule has 150 valence electrons. The predicted octanol–water partition coefficient (Wildman–Crippen LogP) is 4.71. The van der Waals surface area contributed by atoms with E-state index in [1.807, 2.05) is 37.4 Å². The molecule has 0 saturated heterocycles. The second kappa shape index (κ2) is 8.86. The van der Waals surface area contributed by atoms with E-state index in [2.05, 4.69) is 53.1 Å². The van der Waals surface area contributed by atoms with Crippen LogP contribution in [0.4, 0.5) is 11.5 Å². The van der Waals surface area contributed by atoms with Gasteiger partial charge in [-0.1, -0.05) is 32.9 Å². The van der Waals surface area contributed by atoms with Gasteiger partial charge in [-0.25, -0.2) is 4.98 Å². The molecular formula is C24H28N4O. The Morgan fingerprint density at radius 2 is 1.69 bits per heavy atom. The van der Waals surface area contributed by atoms with Crippen LogP contribution in [0.3, 0.4) is 0 Å². The van der Waals surface area contributed by atoms with Gasteiger partial charge in [-0.05, 0) is 59.4 Å². The maximum absolute atomic E-state index is 12.7. The van der Waals surface area contributed by atoms with Crippen molar-refractivity contribution in [1.29, 1.82) is 0 Å². The van der Waals surface area contributed by atoms with E-state index < -0.39 is 0 Å². The van der Waals surface area contributed by atoms with Crippen molar-refractivity contribution in [1.82, 2.24) is 9.97 Å². The van der Waals surface area contributed by atoms with Gasteiger partial charge < -0.3 is 10.2 Å². The number of anilines is 2. The fourth-order valence-electron chi connectivity index (χ4n) is 2.99. The highest BCUT2D eigenvalue weighted by molar-refractivity contribution is 6.04. The Labute approximate surface area is 172 Å². The molecule has 0 aliphatic rings. The van der Waals surface area contributed by atoms with Crippen molar-refractivity contribution in [3.05, 3.63) is 83.8 Å². The van der Waals surface area contributed by atoms with E-state index in [0.717, 1.165) is 24.5 Å². The number of carbonyl (C=O) groups is 1. The Balaban J connectivity index is 1.64. The smallest absolute Gasteiger partial charge is 0.255 e. The first-order valence-corrected chi connectivity index (χ1v) is 9.81. The molecule has 3 rings (SSSR count).